The Morgan fingerprint density at radius 3 is 2.52 bits per heavy atom. The lowest BCUT2D eigenvalue weighted by Gasteiger charge is -2.27. The van der Waals surface area contributed by atoms with Gasteiger partial charge in [-0.1, -0.05) is 26.0 Å². The van der Waals surface area contributed by atoms with Crippen LogP contribution in [-0.4, -0.2) is 29.3 Å². The molecule has 0 fully saturated rings. The maximum Gasteiger partial charge on any atom is 0.259 e. The molecule has 3 rings (SSSR count). The molecule has 5 nitrogen and oxygen atoms in total. The van der Waals surface area contributed by atoms with Crippen molar-refractivity contribution in [3.63, 3.8) is 0 Å². The van der Waals surface area contributed by atoms with Crippen molar-refractivity contribution in [1.29, 1.82) is 0 Å². The Bertz CT molecular complexity index is 803. The zero-order valence-corrected chi connectivity index (χ0v) is 14.7. The number of anilines is 1. The summed E-state index contributed by atoms with van der Waals surface area (Å²) in [5.74, 6) is 0.728. The van der Waals surface area contributed by atoms with Gasteiger partial charge in [0.15, 0.2) is 0 Å². The Morgan fingerprint density at radius 1 is 1.20 bits per heavy atom. The molecule has 25 heavy (non-hydrogen) atoms. The zero-order chi connectivity index (χ0) is 18.0. The van der Waals surface area contributed by atoms with Crippen molar-refractivity contribution in [3.8, 4) is 0 Å². The third kappa shape index (κ3) is 3.50. The molecule has 1 atom stereocenters. The van der Waals surface area contributed by atoms with Gasteiger partial charge in [-0.2, -0.15) is 0 Å². The highest BCUT2D eigenvalue weighted by atomic mass is 16.3. The van der Waals surface area contributed by atoms with E-state index in [4.69, 9.17) is 4.42 Å². The molecule has 0 aliphatic carbocycles. The average molecular weight is 338 g/mol. The Balaban J connectivity index is 1.69. The third-order valence-corrected chi connectivity index (χ3v) is 4.43. The van der Waals surface area contributed by atoms with E-state index in [1.807, 2.05) is 11.0 Å². The van der Waals surface area contributed by atoms with E-state index < -0.39 is 0 Å². The molecule has 1 aliphatic heterocycles. The predicted molar refractivity (Wildman–Crippen MR) is 96.6 cm³/mol. The van der Waals surface area contributed by atoms with E-state index in [1.165, 1.54) is 6.26 Å². The molecule has 2 aromatic rings. The monoisotopic (exact) mass is 338 g/mol. The summed E-state index contributed by atoms with van der Waals surface area (Å²) in [5, 5.41) is 2.81. The van der Waals surface area contributed by atoms with Gasteiger partial charge in [0.1, 0.15) is 5.76 Å². The minimum Gasteiger partial charge on any atom is -0.469 e. The predicted octanol–water partition coefficient (Wildman–Crippen LogP) is 3.88. The number of hydrogen-bond donors (Lipinski definition) is 1. The van der Waals surface area contributed by atoms with E-state index in [9.17, 15) is 9.59 Å². The normalized spacial score (nSPS) is 16.5. The summed E-state index contributed by atoms with van der Waals surface area (Å²) in [5.41, 5.74) is 1.76. The number of rotatable bonds is 4. The molecule has 2 heterocycles. The number of aryl methyl sites for hydroxylation is 1. The standard InChI is InChI=1S/C20H22N2O3/c1-13(2)18-5-4-11-22(18)20(24)15-6-8-16(9-7-15)21-19(23)17-10-12-25-14(17)3/h4-10,12-13,18H,11H2,1-3H3,(H,21,23). The van der Waals surface area contributed by atoms with Crippen LogP contribution in [0.15, 0.2) is 53.2 Å². The van der Waals surface area contributed by atoms with Crippen LogP contribution in [0.5, 0.6) is 0 Å². The van der Waals surface area contributed by atoms with Crippen LogP contribution in [0.3, 0.4) is 0 Å². The van der Waals surface area contributed by atoms with E-state index in [0.717, 1.165) is 0 Å². The second-order valence-electron chi connectivity index (χ2n) is 6.54. The lowest BCUT2D eigenvalue weighted by Crippen LogP contribution is -2.39. The second-order valence-corrected chi connectivity index (χ2v) is 6.54. The summed E-state index contributed by atoms with van der Waals surface area (Å²) < 4.78 is 5.14. The fourth-order valence-corrected chi connectivity index (χ4v) is 3.02. The van der Waals surface area contributed by atoms with Gasteiger partial charge in [0.05, 0.1) is 17.9 Å². The van der Waals surface area contributed by atoms with Crippen molar-refractivity contribution >= 4 is 17.5 Å². The van der Waals surface area contributed by atoms with Crippen LogP contribution in [-0.2, 0) is 0 Å². The van der Waals surface area contributed by atoms with Gasteiger partial charge in [-0.15, -0.1) is 0 Å². The van der Waals surface area contributed by atoms with Gasteiger partial charge in [-0.25, -0.2) is 0 Å². The quantitative estimate of drug-likeness (QED) is 0.861. The molecule has 5 heteroatoms. The van der Waals surface area contributed by atoms with E-state index in [-0.39, 0.29) is 17.9 Å². The van der Waals surface area contributed by atoms with Crippen LogP contribution >= 0.6 is 0 Å². The summed E-state index contributed by atoms with van der Waals surface area (Å²) in [4.78, 5) is 26.8. The summed E-state index contributed by atoms with van der Waals surface area (Å²) >= 11 is 0. The minimum absolute atomic E-state index is 0.00672. The Labute approximate surface area is 147 Å². The lowest BCUT2D eigenvalue weighted by molar-refractivity contribution is 0.0720. The van der Waals surface area contributed by atoms with Crippen molar-refractivity contribution in [2.45, 2.75) is 26.8 Å². The highest BCUT2D eigenvalue weighted by Gasteiger charge is 2.27. The number of benzene rings is 1. The van der Waals surface area contributed by atoms with Crippen molar-refractivity contribution in [1.82, 2.24) is 4.90 Å². The Morgan fingerprint density at radius 2 is 1.92 bits per heavy atom. The van der Waals surface area contributed by atoms with Gasteiger partial charge in [0.25, 0.3) is 11.8 Å². The van der Waals surface area contributed by atoms with E-state index in [0.29, 0.717) is 35.0 Å². The molecule has 1 aromatic carbocycles. The van der Waals surface area contributed by atoms with Gasteiger partial charge in [-0.05, 0) is 43.2 Å². The number of hydrogen-bond acceptors (Lipinski definition) is 3. The first-order chi connectivity index (χ1) is 12.0. The zero-order valence-electron chi connectivity index (χ0n) is 14.7. The smallest absolute Gasteiger partial charge is 0.259 e. The number of amides is 2. The minimum atomic E-state index is -0.228. The van der Waals surface area contributed by atoms with Crippen molar-refractivity contribution < 1.29 is 14.0 Å². The second kappa shape index (κ2) is 6.97. The summed E-state index contributed by atoms with van der Waals surface area (Å²) in [7, 11) is 0. The van der Waals surface area contributed by atoms with Gasteiger partial charge >= 0.3 is 0 Å². The average Bonchev–Trinajstić information content (AvgIpc) is 3.23. The lowest BCUT2D eigenvalue weighted by atomic mass is 10.0. The molecule has 0 saturated carbocycles. The van der Waals surface area contributed by atoms with Crippen LogP contribution in [0.2, 0.25) is 0 Å². The highest BCUT2D eigenvalue weighted by Crippen LogP contribution is 2.21. The van der Waals surface area contributed by atoms with Crippen molar-refractivity contribution in [2.75, 3.05) is 11.9 Å². The number of nitrogens with zero attached hydrogens (tertiary/aromatic N) is 1. The van der Waals surface area contributed by atoms with Gasteiger partial charge in [-0.3, -0.25) is 9.59 Å². The maximum atomic E-state index is 12.7. The third-order valence-electron chi connectivity index (χ3n) is 4.43. The molecule has 0 spiro atoms. The first-order valence-corrected chi connectivity index (χ1v) is 8.40. The molecule has 1 aliphatic rings. The van der Waals surface area contributed by atoms with Gasteiger partial charge in [0.2, 0.25) is 0 Å². The molecule has 1 aromatic heterocycles. The number of carbonyl (C=O) groups excluding carboxylic acids is 2. The molecule has 0 radical (unpaired) electrons. The largest absolute Gasteiger partial charge is 0.469 e. The van der Waals surface area contributed by atoms with Crippen molar-refractivity contribution in [3.05, 3.63) is 65.6 Å². The van der Waals surface area contributed by atoms with E-state index in [2.05, 4.69) is 25.2 Å². The van der Waals surface area contributed by atoms with Crippen molar-refractivity contribution in [2.24, 2.45) is 5.92 Å². The van der Waals surface area contributed by atoms with Crippen LogP contribution in [0, 0.1) is 12.8 Å². The molecule has 1 N–H and O–H groups in total. The SMILES string of the molecule is Cc1occc1C(=O)Nc1ccc(C(=O)N2CC=CC2C(C)C)cc1. The van der Waals surface area contributed by atoms with Gasteiger partial charge in [0, 0.05) is 17.8 Å². The number of nitrogens with one attached hydrogen (secondary N) is 1. The maximum absolute atomic E-state index is 12.7. The van der Waals surface area contributed by atoms with Crippen LogP contribution in [0.4, 0.5) is 5.69 Å². The fourth-order valence-electron chi connectivity index (χ4n) is 3.02. The molecule has 130 valence electrons. The summed E-state index contributed by atoms with van der Waals surface area (Å²) in [6.45, 7) is 6.60. The van der Waals surface area contributed by atoms with Crippen LogP contribution in [0.1, 0.15) is 40.3 Å². The Hall–Kier alpha value is -2.82. The fraction of sp³-hybridized carbons (Fsp3) is 0.300. The molecule has 0 saturated heterocycles. The van der Waals surface area contributed by atoms with Gasteiger partial charge < -0.3 is 14.6 Å². The molecule has 2 amide bonds. The highest BCUT2D eigenvalue weighted by molar-refractivity contribution is 6.05. The number of furan rings is 1. The molecular weight excluding hydrogens is 316 g/mol. The first-order valence-electron chi connectivity index (χ1n) is 8.40. The summed E-state index contributed by atoms with van der Waals surface area (Å²) in [6.07, 6.45) is 5.61. The molecule has 1 unspecified atom stereocenters. The summed E-state index contributed by atoms with van der Waals surface area (Å²) in [6, 6.07) is 8.75. The van der Waals surface area contributed by atoms with E-state index in [1.54, 1.807) is 37.3 Å². The van der Waals surface area contributed by atoms with Crippen LogP contribution < -0.4 is 5.32 Å². The van der Waals surface area contributed by atoms with Crippen LogP contribution in [0.25, 0.3) is 0 Å². The molecular formula is C20H22N2O3. The Kier molecular flexibility index (Phi) is 4.74. The van der Waals surface area contributed by atoms with E-state index >= 15 is 0 Å². The molecule has 0 bridgehead atoms. The number of carbonyl (C=O) groups is 2. The topological polar surface area (TPSA) is 62.6 Å². The first kappa shape index (κ1) is 17.0.